The predicted molar refractivity (Wildman–Crippen MR) is 124 cm³/mol. The first-order valence-corrected chi connectivity index (χ1v) is 10.9. The Bertz CT molecular complexity index is 901. The number of carbonyl (C=O) groups is 2. The van der Waals surface area contributed by atoms with Gasteiger partial charge in [0.25, 0.3) is 5.91 Å². The third-order valence-electron chi connectivity index (χ3n) is 5.48. The quantitative estimate of drug-likeness (QED) is 0.728. The van der Waals surface area contributed by atoms with Gasteiger partial charge < -0.3 is 15.1 Å². The van der Waals surface area contributed by atoms with Crippen molar-refractivity contribution in [2.24, 2.45) is 5.92 Å². The maximum Gasteiger partial charge on any atom is 0.255 e. The Morgan fingerprint density at radius 1 is 0.933 bits per heavy atom. The smallest absolute Gasteiger partial charge is 0.255 e. The standard InChI is InChI=1S/C24H30ClN3O2/c1-16(2)18-8-10-19(11-9-18)23(29)26-21-7-5-6-20(25)22(21)27-12-14-28(15-13-27)24(30)17(3)4/h5-11,16-17H,12-15H2,1-4H3,(H,26,29). The lowest BCUT2D eigenvalue weighted by atomic mass is 10.0. The number of para-hydroxylation sites is 1. The van der Waals surface area contributed by atoms with Crippen molar-refractivity contribution in [1.82, 2.24) is 4.90 Å². The first-order valence-electron chi connectivity index (χ1n) is 10.5. The van der Waals surface area contributed by atoms with Crippen LogP contribution in [-0.2, 0) is 4.79 Å². The Morgan fingerprint density at radius 3 is 2.13 bits per heavy atom. The zero-order valence-electron chi connectivity index (χ0n) is 18.1. The number of hydrogen-bond acceptors (Lipinski definition) is 3. The summed E-state index contributed by atoms with van der Waals surface area (Å²) in [6.45, 7) is 10.7. The molecule has 3 rings (SSSR count). The third-order valence-corrected chi connectivity index (χ3v) is 5.78. The van der Waals surface area contributed by atoms with Gasteiger partial charge in [0.2, 0.25) is 5.91 Å². The summed E-state index contributed by atoms with van der Waals surface area (Å²) in [4.78, 5) is 29.1. The highest BCUT2D eigenvalue weighted by molar-refractivity contribution is 6.34. The number of nitrogens with one attached hydrogen (secondary N) is 1. The average Bonchev–Trinajstić information content (AvgIpc) is 2.73. The monoisotopic (exact) mass is 427 g/mol. The van der Waals surface area contributed by atoms with Gasteiger partial charge in [-0.05, 0) is 35.7 Å². The first kappa shape index (κ1) is 22.2. The molecule has 160 valence electrons. The first-order chi connectivity index (χ1) is 14.3. The molecule has 5 nitrogen and oxygen atoms in total. The van der Waals surface area contributed by atoms with Crippen LogP contribution < -0.4 is 10.2 Å². The Balaban J connectivity index is 1.75. The number of hydrogen-bond donors (Lipinski definition) is 1. The van der Waals surface area contributed by atoms with Gasteiger partial charge in [0, 0.05) is 37.7 Å². The van der Waals surface area contributed by atoms with Gasteiger partial charge in [-0.3, -0.25) is 9.59 Å². The number of nitrogens with zero attached hydrogens (tertiary/aromatic N) is 2. The predicted octanol–water partition coefficient (Wildman–Crippen LogP) is 5.02. The molecule has 1 fully saturated rings. The van der Waals surface area contributed by atoms with Gasteiger partial charge in [-0.25, -0.2) is 0 Å². The highest BCUT2D eigenvalue weighted by Crippen LogP contribution is 2.35. The Kier molecular flexibility index (Phi) is 7.03. The molecule has 1 aliphatic rings. The third kappa shape index (κ3) is 4.96. The van der Waals surface area contributed by atoms with E-state index in [1.165, 1.54) is 5.56 Å². The fraction of sp³-hybridized carbons (Fsp3) is 0.417. The number of benzene rings is 2. The van der Waals surface area contributed by atoms with Crippen LogP contribution in [0.2, 0.25) is 5.02 Å². The fourth-order valence-electron chi connectivity index (χ4n) is 3.67. The van der Waals surface area contributed by atoms with E-state index in [1.807, 2.05) is 61.2 Å². The molecule has 1 aliphatic heterocycles. The summed E-state index contributed by atoms with van der Waals surface area (Å²) in [7, 11) is 0. The van der Waals surface area contributed by atoms with Gasteiger partial charge in [-0.2, -0.15) is 0 Å². The van der Waals surface area contributed by atoms with Crippen molar-refractivity contribution in [2.75, 3.05) is 36.4 Å². The van der Waals surface area contributed by atoms with E-state index in [1.54, 1.807) is 0 Å². The van der Waals surface area contributed by atoms with Crippen LogP contribution in [0.4, 0.5) is 11.4 Å². The molecule has 0 aliphatic carbocycles. The second-order valence-corrected chi connectivity index (χ2v) is 8.74. The molecule has 6 heteroatoms. The summed E-state index contributed by atoms with van der Waals surface area (Å²) in [5.74, 6) is 0.423. The minimum Gasteiger partial charge on any atom is -0.365 e. The van der Waals surface area contributed by atoms with Gasteiger partial charge in [-0.15, -0.1) is 0 Å². The van der Waals surface area contributed by atoms with E-state index in [2.05, 4.69) is 24.1 Å². The number of rotatable bonds is 5. The fourth-order valence-corrected chi connectivity index (χ4v) is 3.96. The van der Waals surface area contributed by atoms with E-state index in [0.29, 0.717) is 48.4 Å². The van der Waals surface area contributed by atoms with Gasteiger partial charge >= 0.3 is 0 Å². The zero-order valence-corrected chi connectivity index (χ0v) is 18.9. The van der Waals surface area contributed by atoms with Crippen LogP contribution in [0, 0.1) is 5.92 Å². The molecule has 0 atom stereocenters. The normalized spacial score (nSPS) is 14.4. The lowest BCUT2D eigenvalue weighted by Gasteiger charge is -2.38. The maximum atomic E-state index is 12.8. The largest absolute Gasteiger partial charge is 0.365 e. The second kappa shape index (κ2) is 9.52. The summed E-state index contributed by atoms with van der Waals surface area (Å²) >= 11 is 6.52. The van der Waals surface area contributed by atoms with Crippen molar-refractivity contribution < 1.29 is 9.59 Å². The minimum atomic E-state index is -0.164. The van der Waals surface area contributed by atoms with Crippen molar-refractivity contribution in [3.63, 3.8) is 0 Å². The molecule has 1 saturated heterocycles. The van der Waals surface area contributed by atoms with E-state index in [9.17, 15) is 9.59 Å². The summed E-state index contributed by atoms with van der Waals surface area (Å²) in [5.41, 5.74) is 3.30. The van der Waals surface area contributed by atoms with E-state index < -0.39 is 0 Å². The summed E-state index contributed by atoms with van der Waals surface area (Å²) in [6, 6.07) is 13.2. The van der Waals surface area contributed by atoms with E-state index in [-0.39, 0.29) is 17.7 Å². The Labute approximate surface area is 184 Å². The van der Waals surface area contributed by atoms with Crippen LogP contribution in [0.3, 0.4) is 0 Å². The molecule has 0 aromatic heterocycles. The topological polar surface area (TPSA) is 52.7 Å². The number of amides is 2. The molecule has 0 saturated carbocycles. The van der Waals surface area contributed by atoms with Gasteiger partial charge in [0.15, 0.2) is 0 Å². The summed E-state index contributed by atoms with van der Waals surface area (Å²) in [5, 5.41) is 3.61. The molecule has 1 heterocycles. The zero-order chi connectivity index (χ0) is 21.8. The maximum absolute atomic E-state index is 12.8. The van der Waals surface area contributed by atoms with Crippen LogP contribution in [0.1, 0.15) is 49.5 Å². The molecule has 0 spiro atoms. The number of anilines is 2. The molecule has 0 unspecified atom stereocenters. The molecule has 2 amide bonds. The van der Waals surface area contributed by atoms with E-state index >= 15 is 0 Å². The van der Waals surface area contributed by atoms with Crippen LogP contribution in [0.25, 0.3) is 0 Å². The second-order valence-electron chi connectivity index (χ2n) is 8.33. The van der Waals surface area contributed by atoms with Crippen molar-refractivity contribution in [3.05, 3.63) is 58.6 Å². The van der Waals surface area contributed by atoms with Crippen molar-refractivity contribution in [2.45, 2.75) is 33.6 Å². The molecule has 2 aromatic rings. The Morgan fingerprint density at radius 2 is 1.57 bits per heavy atom. The highest BCUT2D eigenvalue weighted by Gasteiger charge is 2.25. The van der Waals surface area contributed by atoms with Crippen LogP contribution in [0.15, 0.2) is 42.5 Å². The van der Waals surface area contributed by atoms with Crippen molar-refractivity contribution in [1.29, 1.82) is 0 Å². The number of piperazine rings is 1. The van der Waals surface area contributed by atoms with Crippen LogP contribution in [-0.4, -0.2) is 42.9 Å². The van der Waals surface area contributed by atoms with Crippen molar-refractivity contribution >= 4 is 34.8 Å². The lowest BCUT2D eigenvalue weighted by molar-refractivity contribution is -0.134. The summed E-state index contributed by atoms with van der Waals surface area (Å²) < 4.78 is 0. The van der Waals surface area contributed by atoms with Gasteiger partial charge in [0.1, 0.15) is 0 Å². The molecular formula is C24H30ClN3O2. The highest BCUT2D eigenvalue weighted by atomic mass is 35.5. The van der Waals surface area contributed by atoms with Crippen LogP contribution >= 0.6 is 11.6 Å². The van der Waals surface area contributed by atoms with Crippen molar-refractivity contribution in [3.8, 4) is 0 Å². The van der Waals surface area contributed by atoms with Crippen LogP contribution in [0.5, 0.6) is 0 Å². The molecule has 0 radical (unpaired) electrons. The number of carbonyl (C=O) groups excluding carboxylic acids is 2. The Hall–Kier alpha value is -2.53. The van der Waals surface area contributed by atoms with Gasteiger partial charge in [-0.1, -0.05) is 57.5 Å². The van der Waals surface area contributed by atoms with E-state index in [0.717, 1.165) is 5.69 Å². The molecular weight excluding hydrogens is 398 g/mol. The lowest BCUT2D eigenvalue weighted by Crippen LogP contribution is -2.50. The molecule has 2 aromatic carbocycles. The minimum absolute atomic E-state index is 0.00574. The molecule has 30 heavy (non-hydrogen) atoms. The average molecular weight is 428 g/mol. The number of halogens is 1. The molecule has 0 bridgehead atoms. The van der Waals surface area contributed by atoms with Gasteiger partial charge in [0.05, 0.1) is 16.4 Å². The van der Waals surface area contributed by atoms with E-state index in [4.69, 9.17) is 11.6 Å². The SMILES string of the molecule is CC(C)C(=O)N1CCN(c2c(Cl)cccc2NC(=O)c2ccc(C(C)C)cc2)CC1. The molecule has 1 N–H and O–H groups in total. The summed E-state index contributed by atoms with van der Waals surface area (Å²) in [6.07, 6.45) is 0.